The molecule has 1 atom stereocenters. The quantitative estimate of drug-likeness (QED) is 0.619. The molecular weight excluding hydrogens is 413 g/mol. The van der Waals surface area contributed by atoms with Gasteiger partial charge in [-0.1, -0.05) is 11.2 Å². The molecule has 1 aromatic carbocycles. The van der Waals surface area contributed by atoms with Crippen LogP contribution in [0.5, 0.6) is 11.5 Å². The van der Waals surface area contributed by atoms with Gasteiger partial charge in [0, 0.05) is 24.4 Å². The molecule has 0 unspecified atom stereocenters. The number of pyridine rings is 1. The van der Waals surface area contributed by atoms with Crippen molar-refractivity contribution in [3.63, 3.8) is 0 Å². The Hall–Kier alpha value is -3.56. The Morgan fingerprint density at radius 2 is 1.97 bits per heavy atom. The lowest BCUT2D eigenvalue weighted by atomic mass is 9.92. The van der Waals surface area contributed by atoms with Crippen LogP contribution in [-0.2, 0) is 23.9 Å². The molecule has 1 spiro atoms. The van der Waals surface area contributed by atoms with Crippen molar-refractivity contribution >= 4 is 5.90 Å². The van der Waals surface area contributed by atoms with Crippen LogP contribution in [0.4, 0.5) is 13.2 Å². The van der Waals surface area contributed by atoms with E-state index in [1.807, 2.05) is 19.3 Å². The highest BCUT2D eigenvalue weighted by atomic mass is 19.4. The molecule has 2 aliphatic rings. The normalized spacial score (nSPS) is 19.8. The predicted octanol–water partition coefficient (Wildman–Crippen LogP) is 4.34. The van der Waals surface area contributed by atoms with Crippen molar-refractivity contribution in [1.29, 1.82) is 0 Å². The number of oxime groups is 1. The van der Waals surface area contributed by atoms with Gasteiger partial charge < -0.3 is 14.3 Å². The summed E-state index contributed by atoms with van der Waals surface area (Å²) in [7, 11) is 1.83. The summed E-state index contributed by atoms with van der Waals surface area (Å²) in [5, 5.41) is 8.20. The van der Waals surface area contributed by atoms with Crippen molar-refractivity contribution in [2.75, 3.05) is 0 Å². The number of alkyl halides is 3. The zero-order valence-electron chi connectivity index (χ0n) is 16.4. The highest BCUT2D eigenvalue weighted by molar-refractivity contribution is 5.81. The number of hydrogen-bond donors (Lipinski definition) is 0. The van der Waals surface area contributed by atoms with Gasteiger partial charge in [-0.15, -0.1) is 13.2 Å². The minimum Gasteiger partial charge on any atom is -0.438 e. The van der Waals surface area contributed by atoms with Gasteiger partial charge in [-0.3, -0.25) is 9.67 Å². The first-order chi connectivity index (χ1) is 14.8. The number of aryl methyl sites for hydroxylation is 2. The van der Waals surface area contributed by atoms with Crippen molar-refractivity contribution in [2.45, 2.75) is 31.2 Å². The lowest BCUT2D eigenvalue weighted by Gasteiger charge is -2.21. The number of halogens is 3. The van der Waals surface area contributed by atoms with Crippen LogP contribution in [0.25, 0.3) is 11.3 Å². The van der Waals surface area contributed by atoms with Gasteiger partial charge in [-0.05, 0) is 42.7 Å². The molecule has 0 amide bonds. The maximum atomic E-state index is 12.5. The highest BCUT2D eigenvalue weighted by Crippen LogP contribution is 2.47. The van der Waals surface area contributed by atoms with Crippen LogP contribution in [0, 0.1) is 0 Å². The Kier molecular flexibility index (Phi) is 4.38. The summed E-state index contributed by atoms with van der Waals surface area (Å²) < 4.78 is 49.0. The summed E-state index contributed by atoms with van der Waals surface area (Å²) in [6.45, 7) is 0. The van der Waals surface area contributed by atoms with Crippen LogP contribution in [0.1, 0.15) is 24.0 Å². The Morgan fingerprint density at radius 3 is 2.68 bits per heavy atom. The van der Waals surface area contributed by atoms with Gasteiger partial charge >= 0.3 is 6.36 Å². The fourth-order valence-corrected chi connectivity index (χ4v) is 3.97. The van der Waals surface area contributed by atoms with Crippen LogP contribution in [-0.4, -0.2) is 27.0 Å². The second kappa shape index (κ2) is 7.00. The summed E-state index contributed by atoms with van der Waals surface area (Å²) in [5.41, 5.74) is 2.48. The molecule has 2 aromatic heterocycles. The Labute approximate surface area is 175 Å². The number of aromatic nitrogens is 3. The number of ether oxygens (including phenoxy) is 2. The molecule has 0 bridgehead atoms. The van der Waals surface area contributed by atoms with Gasteiger partial charge in [0.2, 0.25) is 5.90 Å². The van der Waals surface area contributed by atoms with Gasteiger partial charge in [0.1, 0.15) is 11.5 Å². The van der Waals surface area contributed by atoms with Crippen molar-refractivity contribution in [1.82, 2.24) is 14.8 Å². The average molecular weight is 430 g/mol. The summed E-state index contributed by atoms with van der Waals surface area (Å²) in [6, 6.07) is 7.91. The SMILES string of the molecule is Cn1cc(-c2ccc(OC3=NO[C@]4(CCc5cc(OC(F)(F)F)ccc54)C3)cn2)cn1. The third-order valence-electron chi connectivity index (χ3n) is 5.33. The van der Waals surface area contributed by atoms with Gasteiger partial charge in [0.25, 0.3) is 0 Å². The first kappa shape index (κ1) is 19.4. The summed E-state index contributed by atoms with van der Waals surface area (Å²) >= 11 is 0. The molecule has 5 rings (SSSR count). The summed E-state index contributed by atoms with van der Waals surface area (Å²) in [6.07, 6.45) is 2.00. The molecule has 7 nitrogen and oxygen atoms in total. The van der Waals surface area contributed by atoms with Gasteiger partial charge in [0.05, 0.1) is 24.5 Å². The molecule has 160 valence electrons. The van der Waals surface area contributed by atoms with E-state index in [1.54, 1.807) is 29.2 Å². The van der Waals surface area contributed by atoms with Crippen molar-refractivity contribution in [3.8, 4) is 22.8 Å². The Balaban J connectivity index is 1.27. The topological polar surface area (TPSA) is 70.8 Å². The van der Waals surface area contributed by atoms with E-state index >= 15 is 0 Å². The van der Waals surface area contributed by atoms with E-state index in [0.29, 0.717) is 30.9 Å². The number of rotatable bonds is 3. The lowest BCUT2D eigenvalue weighted by Crippen LogP contribution is -2.24. The minimum atomic E-state index is -4.72. The summed E-state index contributed by atoms with van der Waals surface area (Å²) in [4.78, 5) is 10.1. The standard InChI is InChI=1S/C21H17F3N4O3/c1-28-12-14(10-26-28)18-5-3-16(11-25-18)29-19-9-20(31-27-19)7-6-13-8-15(2-4-17(13)20)30-21(22,23)24/h2-5,8,10-12H,6-7,9H2,1H3/t20-/m1/s1. The van der Waals surface area contributed by atoms with Crippen molar-refractivity contribution in [2.24, 2.45) is 12.2 Å². The molecule has 1 aliphatic carbocycles. The van der Waals surface area contributed by atoms with Gasteiger partial charge in [-0.25, -0.2) is 0 Å². The predicted molar refractivity (Wildman–Crippen MR) is 103 cm³/mol. The second-order valence-electron chi connectivity index (χ2n) is 7.50. The molecule has 10 heteroatoms. The molecule has 31 heavy (non-hydrogen) atoms. The van der Waals surface area contributed by atoms with Gasteiger partial charge in [0.15, 0.2) is 5.60 Å². The maximum absolute atomic E-state index is 12.5. The van der Waals surface area contributed by atoms with Crippen LogP contribution in [0.2, 0.25) is 0 Å². The Morgan fingerprint density at radius 1 is 1.13 bits per heavy atom. The van der Waals surface area contributed by atoms with E-state index in [4.69, 9.17) is 9.57 Å². The molecular formula is C21H17F3N4O3. The molecule has 1 aliphatic heterocycles. The number of fused-ring (bicyclic) bond motifs is 2. The van der Waals surface area contributed by atoms with Crippen LogP contribution < -0.4 is 9.47 Å². The van der Waals surface area contributed by atoms with E-state index in [0.717, 1.165) is 22.4 Å². The van der Waals surface area contributed by atoms with E-state index < -0.39 is 12.0 Å². The third-order valence-corrected chi connectivity index (χ3v) is 5.33. The Bertz CT molecular complexity index is 1160. The first-order valence-electron chi connectivity index (χ1n) is 9.57. The molecule has 0 fully saturated rings. The lowest BCUT2D eigenvalue weighted by molar-refractivity contribution is -0.274. The number of hydrogen-bond acceptors (Lipinski definition) is 6. The van der Waals surface area contributed by atoms with Crippen molar-refractivity contribution in [3.05, 3.63) is 60.0 Å². The number of benzene rings is 1. The molecule has 3 heterocycles. The van der Waals surface area contributed by atoms with Crippen LogP contribution in [0.3, 0.4) is 0 Å². The monoisotopic (exact) mass is 430 g/mol. The molecule has 0 saturated heterocycles. The van der Waals surface area contributed by atoms with E-state index in [9.17, 15) is 13.2 Å². The van der Waals surface area contributed by atoms with E-state index in [2.05, 4.69) is 20.0 Å². The molecule has 0 radical (unpaired) electrons. The molecule has 3 aromatic rings. The fraction of sp³-hybridized carbons (Fsp3) is 0.286. The third kappa shape index (κ3) is 3.80. The van der Waals surface area contributed by atoms with E-state index in [-0.39, 0.29) is 5.75 Å². The largest absolute Gasteiger partial charge is 0.573 e. The van der Waals surface area contributed by atoms with E-state index in [1.165, 1.54) is 12.1 Å². The maximum Gasteiger partial charge on any atom is 0.573 e. The average Bonchev–Trinajstić information content (AvgIpc) is 3.42. The zero-order valence-corrected chi connectivity index (χ0v) is 16.4. The van der Waals surface area contributed by atoms with Crippen LogP contribution >= 0.6 is 0 Å². The minimum absolute atomic E-state index is 0.238. The first-order valence-corrected chi connectivity index (χ1v) is 9.57. The fourth-order valence-electron chi connectivity index (χ4n) is 3.97. The highest BCUT2D eigenvalue weighted by Gasteiger charge is 2.47. The van der Waals surface area contributed by atoms with Gasteiger partial charge in [-0.2, -0.15) is 5.10 Å². The summed E-state index contributed by atoms with van der Waals surface area (Å²) in [5.74, 6) is 0.664. The van der Waals surface area contributed by atoms with Crippen molar-refractivity contribution < 1.29 is 27.5 Å². The number of nitrogens with zero attached hydrogens (tertiary/aromatic N) is 4. The smallest absolute Gasteiger partial charge is 0.438 e. The molecule has 0 N–H and O–H groups in total. The van der Waals surface area contributed by atoms with Crippen LogP contribution in [0.15, 0.2) is 54.1 Å². The molecule has 0 saturated carbocycles. The zero-order chi connectivity index (χ0) is 21.6. The second-order valence-corrected chi connectivity index (χ2v) is 7.50.